The van der Waals surface area contributed by atoms with Crippen molar-refractivity contribution in [3.63, 3.8) is 0 Å². The summed E-state index contributed by atoms with van der Waals surface area (Å²) in [5.74, 6) is -0.104. The van der Waals surface area contributed by atoms with Crippen LogP contribution in [0.4, 0.5) is 0 Å². The number of hydrogen-bond acceptors (Lipinski definition) is 4. The minimum absolute atomic E-state index is 0.0330. The summed E-state index contributed by atoms with van der Waals surface area (Å²) in [6, 6.07) is 0. The Morgan fingerprint density at radius 2 is 1.90 bits per heavy atom. The Labute approximate surface area is 125 Å². The van der Waals surface area contributed by atoms with Crippen LogP contribution in [0.25, 0.3) is 0 Å². The first-order chi connectivity index (χ1) is 9.09. The molecule has 0 spiro atoms. The largest absolute Gasteiger partial charge is 0.466 e. The van der Waals surface area contributed by atoms with Crippen molar-refractivity contribution in [1.82, 2.24) is 9.47 Å². The predicted octanol–water partition coefficient (Wildman–Crippen LogP) is 2.77. The average molecular weight is 301 g/mol. The molecule has 0 N–H and O–H groups in total. The molecule has 1 atom stereocenters. The SMILES string of the molecule is CCOC(=O)C(C)CN1CCN([Si](C)(C)C(C)(C)C)C1. The van der Waals surface area contributed by atoms with Crippen molar-refractivity contribution in [2.75, 3.05) is 32.9 Å². The van der Waals surface area contributed by atoms with Gasteiger partial charge in [0.2, 0.25) is 0 Å². The summed E-state index contributed by atoms with van der Waals surface area (Å²) >= 11 is 0. The molecule has 1 unspecified atom stereocenters. The lowest BCUT2D eigenvalue weighted by Crippen LogP contribution is -2.54. The maximum absolute atomic E-state index is 11.7. The van der Waals surface area contributed by atoms with Gasteiger partial charge in [-0.25, -0.2) is 0 Å². The minimum atomic E-state index is -1.43. The second-order valence-corrected chi connectivity index (χ2v) is 12.7. The van der Waals surface area contributed by atoms with E-state index in [1.165, 1.54) is 0 Å². The molecule has 0 aromatic heterocycles. The highest BCUT2D eigenvalue weighted by molar-refractivity contribution is 6.77. The van der Waals surface area contributed by atoms with Gasteiger partial charge in [-0.2, -0.15) is 0 Å². The van der Waals surface area contributed by atoms with E-state index in [9.17, 15) is 4.79 Å². The molecule has 118 valence electrons. The Balaban J connectivity index is 2.54. The monoisotopic (exact) mass is 300 g/mol. The van der Waals surface area contributed by atoms with Crippen LogP contribution in [-0.4, -0.2) is 56.6 Å². The molecule has 1 rings (SSSR count). The number of rotatable bonds is 5. The molecule has 0 aromatic rings. The Morgan fingerprint density at radius 1 is 1.30 bits per heavy atom. The summed E-state index contributed by atoms with van der Waals surface area (Å²) in [6.07, 6.45) is 0. The van der Waals surface area contributed by atoms with Crippen LogP contribution >= 0.6 is 0 Å². The van der Waals surface area contributed by atoms with Crippen molar-refractivity contribution in [2.24, 2.45) is 5.92 Å². The molecule has 1 fully saturated rings. The smallest absolute Gasteiger partial charge is 0.309 e. The Bertz CT molecular complexity index is 339. The van der Waals surface area contributed by atoms with Crippen molar-refractivity contribution < 1.29 is 9.53 Å². The number of nitrogens with zero attached hydrogens (tertiary/aromatic N) is 2. The van der Waals surface area contributed by atoms with Crippen molar-refractivity contribution >= 4 is 14.2 Å². The fraction of sp³-hybridized carbons (Fsp3) is 0.933. The molecular weight excluding hydrogens is 268 g/mol. The Morgan fingerprint density at radius 3 is 2.40 bits per heavy atom. The van der Waals surface area contributed by atoms with E-state index < -0.39 is 8.24 Å². The Kier molecular flexibility index (Phi) is 5.81. The number of hydrogen-bond donors (Lipinski definition) is 0. The summed E-state index contributed by atoms with van der Waals surface area (Å²) in [7, 11) is -1.43. The van der Waals surface area contributed by atoms with E-state index in [0.29, 0.717) is 11.6 Å². The summed E-state index contributed by atoms with van der Waals surface area (Å²) < 4.78 is 7.75. The van der Waals surface area contributed by atoms with E-state index in [0.717, 1.165) is 26.3 Å². The molecule has 0 amide bonds. The van der Waals surface area contributed by atoms with Crippen LogP contribution in [-0.2, 0) is 9.53 Å². The molecule has 4 nitrogen and oxygen atoms in total. The van der Waals surface area contributed by atoms with Crippen LogP contribution in [0, 0.1) is 5.92 Å². The summed E-state index contributed by atoms with van der Waals surface area (Å²) in [4.78, 5) is 14.1. The highest BCUT2D eigenvalue weighted by Crippen LogP contribution is 2.39. The van der Waals surface area contributed by atoms with Crippen molar-refractivity contribution in [2.45, 2.75) is 52.8 Å². The van der Waals surface area contributed by atoms with Crippen LogP contribution in [0.5, 0.6) is 0 Å². The number of carbonyl (C=O) groups excluding carboxylic acids is 1. The zero-order chi connectivity index (χ0) is 15.6. The van der Waals surface area contributed by atoms with E-state index in [4.69, 9.17) is 4.74 Å². The molecule has 0 radical (unpaired) electrons. The predicted molar refractivity (Wildman–Crippen MR) is 86.1 cm³/mol. The van der Waals surface area contributed by atoms with E-state index in [1.54, 1.807) is 0 Å². The van der Waals surface area contributed by atoms with Crippen molar-refractivity contribution in [3.05, 3.63) is 0 Å². The third-order valence-corrected chi connectivity index (χ3v) is 10.5. The van der Waals surface area contributed by atoms with Crippen LogP contribution in [0.1, 0.15) is 34.6 Å². The zero-order valence-electron chi connectivity index (χ0n) is 14.3. The normalized spacial score (nSPS) is 20.1. The van der Waals surface area contributed by atoms with Gasteiger partial charge in [-0.15, -0.1) is 0 Å². The summed E-state index contributed by atoms with van der Waals surface area (Å²) in [6.45, 7) is 20.3. The molecular formula is C15H32N2O2Si. The van der Waals surface area contributed by atoms with Gasteiger partial charge in [0.25, 0.3) is 0 Å². The maximum atomic E-state index is 11.7. The molecule has 1 aliphatic rings. The molecule has 0 saturated carbocycles. The van der Waals surface area contributed by atoms with Crippen LogP contribution in [0.15, 0.2) is 0 Å². The van der Waals surface area contributed by atoms with Gasteiger partial charge in [-0.1, -0.05) is 40.8 Å². The van der Waals surface area contributed by atoms with E-state index in [2.05, 4.69) is 43.3 Å². The van der Waals surface area contributed by atoms with E-state index in [-0.39, 0.29) is 11.9 Å². The topological polar surface area (TPSA) is 32.8 Å². The molecule has 20 heavy (non-hydrogen) atoms. The first kappa shape index (κ1) is 17.7. The molecule has 5 heteroatoms. The third kappa shape index (κ3) is 4.05. The van der Waals surface area contributed by atoms with Crippen LogP contribution in [0.3, 0.4) is 0 Å². The van der Waals surface area contributed by atoms with Crippen LogP contribution in [0.2, 0.25) is 18.1 Å². The van der Waals surface area contributed by atoms with Crippen molar-refractivity contribution in [3.8, 4) is 0 Å². The minimum Gasteiger partial charge on any atom is -0.466 e. The molecule has 0 aliphatic carbocycles. The van der Waals surface area contributed by atoms with E-state index >= 15 is 0 Å². The van der Waals surface area contributed by atoms with Gasteiger partial charge in [-0.05, 0) is 12.0 Å². The maximum Gasteiger partial charge on any atom is 0.309 e. The van der Waals surface area contributed by atoms with Gasteiger partial charge in [-0.3, -0.25) is 9.69 Å². The number of carbonyl (C=O) groups is 1. The van der Waals surface area contributed by atoms with Gasteiger partial charge >= 0.3 is 5.97 Å². The molecule has 0 bridgehead atoms. The first-order valence-corrected chi connectivity index (χ1v) is 10.7. The Hall–Kier alpha value is -0.393. The first-order valence-electron chi connectivity index (χ1n) is 7.73. The molecule has 1 saturated heterocycles. The van der Waals surface area contributed by atoms with Gasteiger partial charge in [0, 0.05) is 26.3 Å². The summed E-state index contributed by atoms with van der Waals surface area (Å²) in [5, 5.41) is 0.371. The molecule has 1 heterocycles. The van der Waals surface area contributed by atoms with Gasteiger partial charge in [0.1, 0.15) is 8.24 Å². The number of ether oxygens (including phenoxy) is 1. The zero-order valence-corrected chi connectivity index (χ0v) is 15.3. The second kappa shape index (κ2) is 6.58. The lowest BCUT2D eigenvalue weighted by Gasteiger charge is -2.44. The lowest BCUT2D eigenvalue weighted by atomic mass is 10.2. The average Bonchev–Trinajstić information content (AvgIpc) is 2.76. The highest BCUT2D eigenvalue weighted by Gasteiger charge is 2.43. The van der Waals surface area contributed by atoms with Crippen LogP contribution < -0.4 is 0 Å². The van der Waals surface area contributed by atoms with Gasteiger partial charge < -0.3 is 9.30 Å². The quantitative estimate of drug-likeness (QED) is 0.577. The third-order valence-electron chi connectivity index (χ3n) is 4.90. The second-order valence-electron chi connectivity index (χ2n) is 7.44. The molecule has 1 aliphatic heterocycles. The summed E-state index contributed by atoms with van der Waals surface area (Å²) in [5.41, 5.74) is 0. The highest BCUT2D eigenvalue weighted by atomic mass is 28.3. The standard InChI is InChI=1S/C15H32N2O2Si/c1-8-19-14(18)13(2)11-16-9-10-17(12-16)20(6,7)15(3,4)5/h13H,8-12H2,1-7H3. The van der Waals surface area contributed by atoms with Gasteiger partial charge in [0.15, 0.2) is 0 Å². The fourth-order valence-corrected chi connectivity index (χ4v) is 4.63. The lowest BCUT2D eigenvalue weighted by molar-refractivity contribution is -0.147. The molecule has 0 aromatic carbocycles. The van der Waals surface area contributed by atoms with E-state index in [1.807, 2.05) is 13.8 Å². The van der Waals surface area contributed by atoms with Gasteiger partial charge in [0.05, 0.1) is 12.5 Å². The number of esters is 1. The van der Waals surface area contributed by atoms with Crippen molar-refractivity contribution in [1.29, 1.82) is 0 Å². The fourth-order valence-electron chi connectivity index (χ4n) is 2.47.